The molecule has 1 aliphatic heterocycles. The number of rotatable bonds is 4. The van der Waals surface area contributed by atoms with Crippen molar-refractivity contribution in [3.63, 3.8) is 0 Å². The van der Waals surface area contributed by atoms with Crippen LogP contribution < -0.4 is 4.90 Å². The normalized spacial score (nSPS) is 15.6. The van der Waals surface area contributed by atoms with Crippen LogP contribution in [0.1, 0.15) is 14.5 Å². The van der Waals surface area contributed by atoms with E-state index in [9.17, 15) is 9.90 Å². The van der Waals surface area contributed by atoms with Crippen LogP contribution in [0.2, 0.25) is 0 Å². The highest BCUT2D eigenvalue weighted by Gasteiger charge is 2.20. The zero-order valence-electron chi connectivity index (χ0n) is 13.1. The quantitative estimate of drug-likeness (QED) is 0.872. The molecule has 23 heavy (non-hydrogen) atoms. The van der Waals surface area contributed by atoms with Crippen LogP contribution in [0.25, 0.3) is 0 Å². The maximum absolute atomic E-state index is 11.5. The van der Waals surface area contributed by atoms with Crippen LogP contribution in [-0.4, -0.2) is 49.3 Å². The topological polar surface area (TPSA) is 53.0 Å². The summed E-state index contributed by atoms with van der Waals surface area (Å²) in [6.07, 6.45) is 0. The van der Waals surface area contributed by atoms with Crippen LogP contribution in [0.4, 0.5) is 5.69 Å². The monoisotopic (exact) mass is 332 g/mol. The molecular weight excluding hydrogens is 312 g/mol. The Labute approximate surface area is 139 Å². The lowest BCUT2D eigenvalue weighted by atomic mass is 10.2. The number of phenols is 1. The number of piperazine rings is 1. The molecule has 0 unspecified atom stereocenters. The van der Waals surface area contributed by atoms with Gasteiger partial charge in [0.1, 0.15) is 10.6 Å². The number of benzene rings is 1. The molecule has 5 nitrogen and oxygen atoms in total. The highest BCUT2D eigenvalue weighted by Crippen LogP contribution is 2.27. The third-order valence-corrected chi connectivity index (χ3v) is 5.07. The number of hydrogen-bond donors (Lipinski definition) is 1. The summed E-state index contributed by atoms with van der Waals surface area (Å²) in [7, 11) is 1.40. The van der Waals surface area contributed by atoms with Gasteiger partial charge in [-0.15, -0.1) is 11.3 Å². The van der Waals surface area contributed by atoms with E-state index in [1.807, 2.05) is 30.3 Å². The second-order valence-corrected chi connectivity index (χ2v) is 6.68. The van der Waals surface area contributed by atoms with Gasteiger partial charge in [-0.25, -0.2) is 4.79 Å². The summed E-state index contributed by atoms with van der Waals surface area (Å²) in [5, 5.41) is 9.94. The molecule has 2 aromatic rings. The number of ether oxygens (including phenoxy) is 1. The number of phenolic OH excluding ortho intramolecular Hbond substituents is 1. The summed E-state index contributed by atoms with van der Waals surface area (Å²) < 4.78 is 4.74. The number of carbonyl (C=O) groups excluding carboxylic acids is 1. The Morgan fingerprint density at radius 1 is 1.17 bits per heavy atom. The van der Waals surface area contributed by atoms with Gasteiger partial charge in [0.2, 0.25) is 0 Å². The van der Waals surface area contributed by atoms with Gasteiger partial charge in [-0.2, -0.15) is 0 Å². The summed E-state index contributed by atoms with van der Waals surface area (Å²) in [5.41, 5.74) is 0.899. The van der Waals surface area contributed by atoms with Crippen LogP contribution in [0.3, 0.4) is 0 Å². The lowest BCUT2D eigenvalue weighted by Gasteiger charge is -2.36. The number of anilines is 1. The van der Waals surface area contributed by atoms with Crippen LogP contribution in [-0.2, 0) is 11.3 Å². The lowest BCUT2D eigenvalue weighted by molar-refractivity contribution is 0.0606. The average molecular weight is 332 g/mol. The van der Waals surface area contributed by atoms with Crippen LogP contribution in [0.5, 0.6) is 5.75 Å². The minimum atomic E-state index is -0.273. The van der Waals surface area contributed by atoms with Crippen molar-refractivity contribution >= 4 is 23.0 Å². The van der Waals surface area contributed by atoms with E-state index in [2.05, 4.69) is 9.80 Å². The first kappa shape index (κ1) is 15.8. The van der Waals surface area contributed by atoms with E-state index in [0.717, 1.165) is 38.4 Å². The predicted octanol–water partition coefficient (Wildman–Crippen LogP) is 2.56. The zero-order valence-corrected chi connectivity index (χ0v) is 13.9. The van der Waals surface area contributed by atoms with E-state index in [0.29, 0.717) is 10.6 Å². The summed E-state index contributed by atoms with van der Waals surface area (Å²) in [4.78, 5) is 17.9. The fourth-order valence-corrected chi connectivity index (χ4v) is 3.74. The molecule has 1 aromatic heterocycles. The molecule has 2 heterocycles. The van der Waals surface area contributed by atoms with E-state index < -0.39 is 0 Å². The van der Waals surface area contributed by atoms with Gasteiger partial charge in [-0.1, -0.05) is 12.1 Å². The largest absolute Gasteiger partial charge is 0.506 e. The molecular formula is C17H20N2O3S. The fraction of sp³-hybridized carbons (Fsp3) is 0.353. The molecule has 3 rings (SSSR count). The molecule has 0 spiro atoms. The number of para-hydroxylation sites is 2. The maximum Gasteiger partial charge on any atom is 0.348 e. The zero-order chi connectivity index (χ0) is 16.2. The molecule has 1 N–H and O–H groups in total. The number of thiophene rings is 1. The Bertz CT molecular complexity index is 678. The molecule has 0 atom stereocenters. The van der Waals surface area contributed by atoms with Crippen molar-refractivity contribution < 1.29 is 14.6 Å². The molecule has 1 aromatic carbocycles. The summed E-state index contributed by atoms with van der Waals surface area (Å²) in [6, 6.07) is 11.3. The van der Waals surface area contributed by atoms with Gasteiger partial charge in [0.25, 0.3) is 0 Å². The van der Waals surface area contributed by atoms with Gasteiger partial charge in [-0.05, 0) is 24.3 Å². The first-order chi connectivity index (χ1) is 11.2. The van der Waals surface area contributed by atoms with Gasteiger partial charge < -0.3 is 14.7 Å². The minimum absolute atomic E-state index is 0.273. The molecule has 6 heteroatoms. The van der Waals surface area contributed by atoms with E-state index in [-0.39, 0.29) is 5.97 Å². The van der Waals surface area contributed by atoms with Gasteiger partial charge in [-0.3, -0.25) is 4.90 Å². The van der Waals surface area contributed by atoms with Gasteiger partial charge in [0.05, 0.1) is 12.8 Å². The van der Waals surface area contributed by atoms with E-state index in [4.69, 9.17) is 4.74 Å². The predicted molar refractivity (Wildman–Crippen MR) is 91.3 cm³/mol. The molecule has 122 valence electrons. The number of hydrogen-bond acceptors (Lipinski definition) is 6. The molecule has 0 saturated carbocycles. The van der Waals surface area contributed by atoms with Crippen molar-refractivity contribution in [2.75, 3.05) is 38.2 Å². The Balaban J connectivity index is 1.56. The second kappa shape index (κ2) is 7.02. The lowest BCUT2D eigenvalue weighted by Crippen LogP contribution is -2.45. The van der Waals surface area contributed by atoms with E-state index in [1.54, 1.807) is 6.07 Å². The van der Waals surface area contributed by atoms with Crippen molar-refractivity contribution in [3.05, 3.63) is 46.2 Å². The first-order valence-corrected chi connectivity index (χ1v) is 8.41. The number of esters is 1. The van der Waals surface area contributed by atoms with Crippen molar-refractivity contribution in [3.8, 4) is 5.75 Å². The Morgan fingerprint density at radius 3 is 2.61 bits per heavy atom. The SMILES string of the molecule is COC(=O)c1ccc(CN2CCN(c3ccccc3O)CC2)s1. The van der Waals surface area contributed by atoms with Crippen molar-refractivity contribution in [2.45, 2.75) is 6.54 Å². The standard InChI is InChI=1S/C17H20N2O3S/c1-22-17(21)16-7-6-13(23-16)12-18-8-10-19(11-9-18)14-4-2-3-5-15(14)20/h2-7,20H,8-12H2,1H3. The van der Waals surface area contributed by atoms with Gasteiger partial charge in [0, 0.05) is 37.6 Å². The van der Waals surface area contributed by atoms with Gasteiger partial charge in [0.15, 0.2) is 0 Å². The van der Waals surface area contributed by atoms with Crippen molar-refractivity contribution in [2.24, 2.45) is 0 Å². The number of methoxy groups -OCH3 is 1. The fourth-order valence-electron chi connectivity index (χ4n) is 2.77. The van der Waals surface area contributed by atoms with E-state index >= 15 is 0 Å². The Morgan fingerprint density at radius 2 is 1.91 bits per heavy atom. The highest BCUT2D eigenvalue weighted by molar-refractivity contribution is 7.13. The third-order valence-electron chi connectivity index (χ3n) is 4.02. The third kappa shape index (κ3) is 3.65. The Kier molecular flexibility index (Phi) is 4.83. The first-order valence-electron chi connectivity index (χ1n) is 7.59. The molecule has 0 radical (unpaired) electrons. The average Bonchev–Trinajstić information content (AvgIpc) is 3.04. The highest BCUT2D eigenvalue weighted by atomic mass is 32.1. The van der Waals surface area contributed by atoms with Crippen LogP contribution >= 0.6 is 11.3 Å². The molecule has 0 bridgehead atoms. The molecule has 1 aliphatic rings. The summed E-state index contributed by atoms with van der Waals surface area (Å²) in [6.45, 7) is 4.47. The second-order valence-electron chi connectivity index (χ2n) is 5.51. The van der Waals surface area contributed by atoms with Crippen molar-refractivity contribution in [1.82, 2.24) is 4.90 Å². The maximum atomic E-state index is 11.5. The molecule has 0 amide bonds. The molecule has 0 aliphatic carbocycles. The van der Waals surface area contributed by atoms with Crippen molar-refractivity contribution in [1.29, 1.82) is 0 Å². The summed E-state index contributed by atoms with van der Waals surface area (Å²) >= 11 is 1.49. The van der Waals surface area contributed by atoms with Crippen LogP contribution in [0, 0.1) is 0 Å². The van der Waals surface area contributed by atoms with Crippen LogP contribution in [0.15, 0.2) is 36.4 Å². The minimum Gasteiger partial charge on any atom is -0.506 e. The Hall–Kier alpha value is -2.05. The number of aromatic hydroxyl groups is 1. The van der Waals surface area contributed by atoms with E-state index in [1.165, 1.54) is 23.3 Å². The number of nitrogens with zero attached hydrogens (tertiary/aromatic N) is 2. The molecule has 1 fully saturated rings. The number of carbonyl (C=O) groups is 1. The van der Waals surface area contributed by atoms with Gasteiger partial charge >= 0.3 is 5.97 Å². The summed E-state index contributed by atoms with van der Waals surface area (Å²) in [5.74, 6) is 0.0625. The molecule has 1 saturated heterocycles. The smallest absolute Gasteiger partial charge is 0.348 e.